The first-order valence-corrected chi connectivity index (χ1v) is 7.73. The Morgan fingerprint density at radius 2 is 2.16 bits per heavy atom. The standard InChI is InChI=1S/C16H15NOS/c1-2-17-13-6-4-3-5-10(13)11-8-16-12(7-14(11)17)15(18)9-19-16/h3-8,10,13H,2,9H2,1H3. The first-order valence-electron chi connectivity index (χ1n) is 6.75. The highest BCUT2D eigenvalue weighted by Crippen LogP contribution is 2.47. The van der Waals surface area contributed by atoms with Crippen LogP contribution in [0.1, 0.15) is 28.8 Å². The quantitative estimate of drug-likeness (QED) is 0.779. The third-order valence-corrected chi connectivity index (χ3v) is 5.32. The Bertz CT molecular complexity index is 632. The van der Waals surface area contributed by atoms with Gasteiger partial charge in [0.15, 0.2) is 5.78 Å². The van der Waals surface area contributed by atoms with Crippen LogP contribution in [0.3, 0.4) is 0 Å². The van der Waals surface area contributed by atoms with Crippen molar-refractivity contribution in [2.24, 2.45) is 0 Å². The highest BCUT2D eigenvalue weighted by Gasteiger charge is 2.37. The molecule has 0 saturated heterocycles. The Hall–Kier alpha value is -1.48. The molecule has 0 bridgehead atoms. The minimum atomic E-state index is 0.278. The Kier molecular flexibility index (Phi) is 2.39. The van der Waals surface area contributed by atoms with Gasteiger partial charge in [0.1, 0.15) is 0 Å². The minimum Gasteiger partial charge on any atom is -0.364 e. The van der Waals surface area contributed by atoms with Crippen molar-refractivity contribution in [2.75, 3.05) is 17.2 Å². The monoisotopic (exact) mass is 269 g/mol. The van der Waals surface area contributed by atoms with Gasteiger partial charge >= 0.3 is 0 Å². The van der Waals surface area contributed by atoms with Crippen LogP contribution in [0.25, 0.3) is 0 Å². The SMILES string of the molecule is CCN1c2cc3c(cc2C2C=CC=CC21)SCC3=O. The van der Waals surface area contributed by atoms with Crippen molar-refractivity contribution in [2.45, 2.75) is 23.8 Å². The Balaban J connectivity index is 1.91. The van der Waals surface area contributed by atoms with Crippen LogP contribution in [0, 0.1) is 0 Å². The molecule has 0 amide bonds. The van der Waals surface area contributed by atoms with E-state index in [9.17, 15) is 4.79 Å². The van der Waals surface area contributed by atoms with E-state index in [-0.39, 0.29) is 5.78 Å². The third-order valence-electron chi connectivity index (χ3n) is 4.26. The van der Waals surface area contributed by atoms with Gasteiger partial charge in [0, 0.05) is 28.6 Å². The number of nitrogens with zero attached hydrogens (tertiary/aromatic N) is 1. The maximum atomic E-state index is 11.9. The zero-order chi connectivity index (χ0) is 13.0. The van der Waals surface area contributed by atoms with E-state index in [1.807, 2.05) is 0 Å². The smallest absolute Gasteiger partial charge is 0.174 e. The maximum absolute atomic E-state index is 11.9. The molecule has 0 radical (unpaired) electrons. The molecule has 0 fully saturated rings. The van der Waals surface area contributed by atoms with Crippen LogP contribution < -0.4 is 4.90 Å². The lowest BCUT2D eigenvalue weighted by atomic mass is 9.91. The van der Waals surface area contributed by atoms with Crippen LogP contribution in [0.15, 0.2) is 41.3 Å². The fourth-order valence-corrected chi connectivity index (χ4v) is 4.36. The zero-order valence-corrected chi connectivity index (χ0v) is 11.6. The van der Waals surface area contributed by atoms with Gasteiger partial charge in [0.25, 0.3) is 0 Å². The highest BCUT2D eigenvalue weighted by molar-refractivity contribution is 8.00. The number of carbonyl (C=O) groups is 1. The van der Waals surface area contributed by atoms with Gasteiger partial charge < -0.3 is 4.90 Å². The summed E-state index contributed by atoms with van der Waals surface area (Å²) >= 11 is 1.68. The summed E-state index contributed by atoms with van der Waals surface area (Å²) in [7, 11) is 0. The van der Waals surface area contributed by atoms with E-state index in [0.29, 0.717) is 17.7 Å². The van der Waals surface area contributed by atoms with Gasteiger partial charge in [0.2, 0.25) is 0 Å². The van der Waals surface area contributed by atoms with Gasteiger partial charge in [-0.2, -0.15) is 0 Å². The Morgan fingerprint density at radius 1 is 1.32 bits per heavy atom. The molecule has 2 atom stereocenters. The summed E-state index contributed by atoms with van der Waals surface area (Å²) in [5.74, 6) is 1.33. The predicted molar refractivity (Wildman–Crippen MR) is 79.3 cm³/mol. The van der Waals surface area contributed by atoms with Crippen LogP contribution in [0.2, 0.25) is 0 Å². The number of benzene rings is 1. The average Bonchev–Trinajstić information content (AvgIpc) is 2.95. The molecule has 0 N–H and O–H groups in total. The summed E-state index contributed by atoms with van der Waals surface area (Å²) in [5.41, 5.74) is 3.56. The first kappa shape index (κ1) is 11.4. The summed E-state index contributed by atoms with van der Waals surface area (Å²) in [6.45, 7) is 3.16. The molecular weight excluding hydrogens is 254 g/mol. The first-order chi connectivity index (χ1) is 9.29. The molecule has 96 valence electrons. The molecule has 1 aromatic rings. The zero-order valence-electron chi connectivity index (χ0n) is 10.8. The van der Waals surface area contributed by atoms with Crippen LogP contribution in [-0.2, 0) is 0 Å². The lowest BCUT2D eigenvalue weighted by molar-refractivity contribution is 0.102. The van der Waals surface area contributed by atoms with E-state index in [1.165, 1.54) is 16.1 Å². The number of rotatable bonds is 1. The molecule has 0 aromatic heterocycles. The summed E-state index contributed by atoms with van der Waals surface area (Å²) < 4.78 is 0. The molecule has 2 nitrogen and oxygen atoms in total. The van der Waals surface area contributed by atoms with E-state index in [0.717, 1.165) is 12.1 Å². The molecular formula is C16H15NOS. The van der Waals surface area contributed by atoms with Gasteiger partial charge in [-0.3, -0.25) is 4.79 Å². The second-order valence-electron chi connectivity index (χ2n) is 5.19. The number of hydrogen-bond acceptors (Lipinski definition) is 3. The second-order valence-corrected chi connectivity index (χ2v) is 6.21. The number of Topliss-reactive ketones (excluding diaryl/α,β-unsaturated/α-hetero) is 1. The number of carbonyl (C=O) groups excluding carboxylic acids is 1. The van der Waals surface area contributed by atoms with E-state index in [4.69, 9.17) is 0 Å². The van der Waals surface area contributed by atoms with Crippen LogP contribution in [0.5, 0.6) is 0 Å². The van der Waals surface area contributed by atoms with E-state index >= 15 is 0 Å². The number of likely N-dealkylation sites (N-methyl/N-ethyl adjacent to an activating group) is 1. The normalized spacial score (nSPS) is 26.6. The number of ketones is 1. The van der Waals surface area contributed by atoms with Gasteiger partial charge in [-0.15, -0.1) is 11.8 Å². The summed E-state index contributed by atoms with van der Waals surface area (Å²) in [5, 5.41) is 0. The van der Waals surface area contributed by atoms with Gasteiger partial charge in [-0.25, -0.2) is 0 Å². The Morgan fingerprint density at radius 3 is 3.00 bits per heavy atom. The van der Waals surface area contributed by atoms with Gasteiger partial charge in [-0.05, 0) is 24.6 Å². The third kappa shape index (κ3) is 1.48. The summed E-state index contributed by atoms with van der Waals surface area (Å²) in [6, 6.07) is 4.79. The van der Waals surface area contributed by atoms with Gasteiger partial charge in [-0.1, -0.05) is 24.3 Å². The summed E-state index contributed by atoms with van der Waals surface area (Å²) in [4.78, 5) is 15.5. The van der Waals surface area contributed by atoms with Crippen molar-refractivity contribution in [3.8, 4) is 0 Å². The van der Waals surface area contributed by atoms with Crippen LogP contribution in [-0.4, -0.2) is 24.1 Å². The topological polar surface area (TPSA) is 20.3 Å². The van der Waals surface area contributed by atoms with Crippen LogP contribution >= 0.6 is 11.8 Å². The average molecular weight is 269 g/mol. The molecule has 2 unspecified atom stereocenters. The molecule has 1 aliphatic carbocycles. The minimum absolute atomic E-state index is 0.278. The molecule has 3 heteroatoms. The lowest BCUT2D eigenvalue weighted by Crippen LogP contribution is -2.32. The predicted octanol–water partition coefficient (Wildman–Crippen LogP) is 3.39. The maximum Gasteiger partial charge on any atom is 0.174 e. The lowest BCUT2D eigenvalue weighted by Gasteiger charge is -2.27. The van der Waals surface area contributed by atoms with Crippen molar-refractivity contribution in [1.82, 2.24) is 0 Å². The van der Waals surface area contributed by atoms with E-state index < -0.39 is 0 Å². The molecule has 2 aliphatic heterocycles. The molecule has 1 aromatic carbocycles. The van der Waals surface area contributed by atoms with Crippen molar-refractivity contribution >= 4 is 23.2 Å². The molecule has 19 heavy (non-hydrogen) atoms. The highest BCUT2D eigenvalue weighted by atomic mass is 32.2. The number of fused-ring (bicyclic) bond motifs is 4. The molecule has 0 spiro atoms. The number of thioether (sulfide) groups is 1. The molecule has 0 saturated carbocycles. The summed E-state index contributed by atoms with van der Waals surface area (Å²) in [6.07, 6.45) is 8.82. The van der Waals surface area contributed by atoms with Gasteiger partial charge in [0.05, 0.1) is 11.8 Å². The number of hydrogen-bond donors (Lipinski definition) is 0. The molecule has 3 aliphatic rings. The number of allylic oxidation sites excluding steroid dienone is 2. The van der Waals surface area contributed by atoms with E-state index in [2.05, 4.69) is 48.3 Å². The largest absolute Gasteiger partial charge is 0.364 e. The van der Waals surface area contributed by atoms with E-state index in [1.54, 1.807) is 11.8 Å². The van der Waals surface area contributed by atoms with Crippen LogP contribution in [0.4, 0.5) is 5.69 Å². The fraction of sp³-hybridized carbons (Fsp3) is 0.312. The van der Waals surface area contributed by atoms with Crippen molar-refractivity contribution in [3.05, 3.63) is 47.6 Å². The second kappa shape index (κ2) is 4.01. The fourth-order valence-electron chi connectivity index (χ4n) is 3.38. The van der Waals surface area contributed by atoms with Crippen molar-refractivity contribution < 1.29 is 4.79 Å². The van der Waals surface area contributed by atoms with Crippen molar-refractivity contribution in [3.63, 3.8) is 0 Å². The Labute approximate surface area is 117 Å². The number of anilines is 1. The molecule has 2 heterocycles. The molecule has 4 rings (SSSR count). The van der Waals surface area contributed by atoms with Crippen molar-refractivity contribution in [1.29, 1.82) is 0 Å².